The lowest BCUT2D eigenvalue weighted by Crippen LogP contribution is -2.32. The normalized spacial score (nSPS) is 12.6. The van der Waals surface area contributed by atoms with Gasteiger partial charge in [-0.3, -0.25) is 0 Å². The molecule has 10 rings (SSSR count). The van der Waals surface area contributed by atoms with Crippen LogP contribution in [0.3, 0.4) is 0 Å². The van der Waals surface area contributed by atoms with E-state index >= 15 is 0 Å². The minimum Gasteiger partial charge on any atom is -0.201 e. The molecule has 398 valence electrons. The molecule has 10 aromatic rings. The van der Waals surface area contributed by atoms with Crippen molar-refractivity contribution >= 4 is 0 Å². The quantitative estimate of drug-likeness (QED) is 0.153. The van der Waals surface area contributed by atoms with Crippen LogP contribution >= 0.6 is 0 Å². The zero-order valence-electron chi connectivity index (χ0n) is 57.7. The van der Waals surface area contributed by atoms with Gasteiger partial charge in [0.1, 0.15) is 35.2 Å². The Morgan fingerprint density at radius 3 is 1.15 bits per heavy atom. The molecule has 5 heterocycles. The lowest BCUT2D eigenvalue weighted by Gasteiger charge is -2.08. The summed E-state index contributed by atoms with van der Waals surface area (Å²) in [6, 6.07) is 54.8. The van der Waals surface area contributed by atoms with E-state index in [4.69, 9.17) is 12.3 Å². The smallest absolute Gasteiger partial charge is 0.201 e. The molecule has 5 heteroatoms. The third-order valence-electron chi connectivity index (χ3n) is 14.3. The van der Waals surface area contributed by atoms with Gasteiger partial charge < -0.3 is 0 Å². The van der Waals surface area contributed by atoms with Crippen LogP contribution in [0.25, 0.3) is 56.3 Å². The third kappa shape index (κ3) is 14.9. The number of hydrogen-bond acceptors (Lipinski definition) is 0. The van der Waals surface area contributed by atoms with E-state index in [1.165, 1.54) is 61.5 Å². The Hall–Kier alpha value is -8.15. The summed E-state index contributed by atoms with van der Waals surface area (Å²) in [6.07, 6.45) is 9.42. The minimum absolute atomic E-state index is 0.374. The van der Waals surface area contributed by atoms with Crippen molar-refractivity contribution in [2.75, 3.05) is 0 Å². The highest BCUT2D eigenvalue weighted by Crippen LogP contribution is 2.27. The number of nitrogens with zero attached hydrogens (tertiary/aromatic N) is 5. The Kier molecular flexibility index (Phi) is 16.5. The van der Waals surface area contributed by atoms with E-state index in [1.807, 2.05) is 110 Å². The Labute approximate surface area is 481 Å². The number of hydrogen-bond donors (Lipinski definition) is 0. The molecule has 0 aliphatic rings. The summed E-state index contributed by atoms with van der Waals surface area (Å²) in [5.41, 5.74) is 24.7. The first-order chi connectivity index (χ1) is 40.8. The van der Waals surface area contributed by atoms with Crippen LogP contribution in [0.15, 0.2) is 195 Å². The molecule has 0 amide bonds. The number of benzene rings is 5. The van der Waals surface area contributed by atoms with Crippen LogP contribution < -0.4 is 22.8 Å². The molecular weight excluding hydrogens is 947 g/mol. The monoisotopic (exact) mass is 1040 g/mol. The standard InChI is InChI=1S/3C15H18N.2C14H16N/c1-11-9-13(3)15(16(4)10-11)14-8-6-5-7-12(14)2;1-11-7-5-6-8-14(11)15-9-12(2)13(3)10-16(15)4;1-11-9-10-16(4)15(13(11)3)14-8-6-5-7-12(14)2;1-11-7-4-5-9-13(11)14-12(2)8-6-10-15(14)3;1-11-8-9-15(3)14(10-11)13-7-5-4-6-12(13)2/h3*5-10H,1-4H3;2*4-10H,1-3H3/q5*+1/i1D3;3D3;;;1D3. The van der Waals surface area contributed by atoms with Gasteiger partial charge in [0.05, 0.1) is 0 Å². The maximum Gasteiger partial charge on any atom is 0.215 e. The topological polar surface area (TPSA) is 19.4 Å². The molecule has 5 nitrogen and oxygen atoms in total. The Morgan fingerprint density at radius 1 is 0.269 bits per heavy atom. The lowest BCUT2D eigenvalue weighted by atomic mass is 9.99. The van der Waals surface area contributed by atoms with Crippen LogP contribution in [0.2, 0.25) is 0 Å². The van der Waals surface area contributed by atoms with Crippen LogP contribution in [-0.4, -0.2) is 0 Å². The largest absolute Gasteiger partial charge is 0.215 e. The predicted molar refractivity (Wildman–Crippen MR) is 327 cm³/mol. The molecule has 0 bridgehead atoms. The molecule has 5 aromatic heterocycles. The number of rotatable bonds is 5. The molecule has 78 heavy (non-hydrogen) atoms. The van der Waals surface area contributed by atoms with Gasteiger partial charge in [-0.2, -0.15) is 0 Å². The second-order valence-corrected chi connectivity index (χ2v) is 20.5. The maximum atomic E-state index is 7.55. The van der Waals surface area contributed by atoms with Crippen molar-refractivity contribution < 1.29 is 35.2 Å². The van der Waals surface area contributed by atoms with Crippen molar-refractivity contribution in [2.45, 2.75) is 89.8 Å². The minimum atomic E-state index is -2.06. The van der Waals surface area contributed by atoms with Gasteiger partial charge in [0.2, 0.25) is 28.5 Å². The van der Waals surface area contributed by atoms with Gasteiger partial charge in [0, 0.05) is 98.3 Å². The molecule has 0 aliphatic carbocycles. The van der Waals surface area contributed by atoms with Gasteiger partial charge in [0.25, 0.3) is 0 Å². The molecule has 0 aliphatic heterocycles. The van der Waals surface area contributed by atoms with E-state index in [0.717, 1.165) is 50.5 Å². The number of pyridine rings is 5. The molecule has 0 spiro atoms. The molecule has 0 N–H and O–H groups in total. The fourth-order valence-electron chi connectivity index (χ4n) is 9.80. The molecule has 0 atom stereocenters. The summed E-state index contributed by atoms with van der Waals surface area (Å²) in [7, 11) is 9.90. The molecule has 0 saturated heterocycles. The van der Waals surface area contributed by atoms with Crippen LogP contribution in [0.1, 0.15) is 84.7 Å². The highest BCUT2D eigenvalue weighted by molar-refractivity contribution is 5.67. The van der Waals surface area contributed by atoms with Gasteiger partial charge in [-0.1, -0.05) is 91.0 Å². The summed E-state index contributed by atoms with van der Waals surface area (Å²) in [5.74, 6) is 0. The van der Waals surface area contributed by atoms with Gasteiger partial charge >= 0.3 is 0 Å². The van der Waals surface area contributed by atoms with Crippen molar-refractivity contribution in [2.24, 2.45) is 35.2 Å². The zero-order valence-corrected chi connectivity index (χ0v) is 48.7. The van der Waals surface area contributed by atoms with Gasteiger partial charge in [-0.25, -0.2) is 22.8 Å². The first-order valence-electron chi connectivity index (χ1n) is 31.0. The fourth-order valence-corrected chi connectivity index (χ4v) is 9.80. The summed E-state index contributed by atoms with van der Waals surface area (Å²) >= 11 is 0. The van der Waals surface area contributed by atoms with E-state index in [0.29, 0.717) is 16.7 Å². The highest BCUT2D eigenvalue weighted by atomic mass is 14.9. The second-order valence-electron chi connectivity index (χ2n) is 20.5. The van der Waals surface area contributed by atoms with Crippen molar-refractivity contribution in [1.29, 1.82) is 0 Å². The van der Waals surface area contributed by atoms with E-state index in [2.05, 4.69) is 175 Å². The van der Waals surface area contributed by atoms with E-state index in [1.54, 1.807) is 36.8 Å². The summed E-state index contributed by atoms with van der Waals surface area (Å²) in [6.45, 7) is 14.6. The molecule has 0 saturated carbocycles. The Balaban J connectivity index is 0.000000174. The average molecular weight is 1040 g/mol. The second kappa shape index (κ2) is 27.2. The molecule has 0 radical (unpaired) electrons. The van der Waals surface area contributed by atoms with Crippen LogP contribution in [0.4, 0.5) is 0 Å². The van der Waals surface area contributed by atoms with Gasteiger partial charge in [-0.15, -0.1) is 0 Å². The molecule has 5 aromatic carbocycles. The van der Waals surface area contributed by atoms with Gasteiger partial charge in [0.15, 0.2) is 31.0 Å². The van der Waals surface area contributed by atoms with Crippen molar-refractivity contribution in [1.82, 2.24) is 0 Å². The van der Waals surface area contributed by atoms with Crippen LogP contribution in [-0.2, 0) is 35.2 Å². The lowest BCUT2D eigenvalue weighted by molar-refractivity contribution is -0.661. The SMILES string of the molecule is Cc1ccccc1-c1c(C)c(C)cc[n+]1C.Cc1ccccc1-c1c(C)ccc[n+]1C.[2H]C([2H])([2H])c1c[n+](C)c(-c2ccccc2C)cc1C.[2H]C([2H])([2H])c1cc(C)c(-c2ccccc2C)[n+](C)c1.[2H]C([2H])([2H])c1cc[n+](C)c(-c2ccccc2C)c1. The summed E-state index contributed by atoms with van der Waals surface area (Å²) < 4.78 is 77.7. The average Bonchev–Trinajstić information content (AvgIpc) is 1.16. The summed E-state index contributed by atoms with van der Waals surface area (Å²) in [4.78, 5) is 0. The van der Waals surface area contributed by atoms with Crippen molar-refractivity contribution in [3.05, 3.63) is 267 Å². The zero-order chi connectivity index (χ0) is 64.3. The molecular formula is C73H86N5+5. The highest BCUT2D eigenvalue weighted by Gasteiger charge is 2.19. The van der Waals surface area contributed by atoms with E-state index in [-0.39, 0.29) is 0 Å². The fraction of sp³-hybridized carbons (Fsp3) is 0.247. The van der Waals surface area contributed by atoms with Gasteiger partial charge in [-0.05, 0) is 177 Å². The third-order valence-corrected chi connectivity index (χ3v) is 14.3. The maximum absolute atomic E-state index is 7.55. The first-order valence-corrected chi connectivity index (χ1v) is 26.5. The Bertz CT molecular complexity index is 3980. The van der Waals surface area contributed by atoms with E-state index < -0.39 is 20.6 Å². The number of aromatic nitrogens is 5. The first kappa shape index (κ1) is 47.1. The molecule has 0 fully saturated rings. The van der Waals surface area contributed by atoms with Crippen LogP contribution in [0, 0.1) is 89.8 Å². The van der Waals surface area contributed by atoms with Crippen molar-refractivity contribution in [3.63, 3.8) is 0 Å². The summed E-state index contributed by atoms with van der Waals surface area (Å²) in [5, 5.41) is 0. The Morgan fingerprint density at radius 2 is 0.692 bits per heavy atom. The predicted octanol–water partition coefficient (Wildman–Crippen LogP) is 14.9. The van der Waals surface area contributed by atoms with Crippen molar-refractivity contribution in [3.8, 4) is 56.3 Å². The van der Waals surface area contributed by atoms with Crippen LogP contribution in [0.5, 0.6) is 0 Å². The number of aryl methyl sites for hydroxylation is 17. The molecule has 0 unspecified atom stereocenters. The van der Waals surface area contributed by atoms with E-state index in [9.17, 15) is 0 Å².